The zero-order chi connectivity index (χ0) is 9.46. The predicted molar refractivity (Wildman–Crippen MR) is 54.9 cm³/mol. The van der Waals surface area contributed by atoms with Crippen molar-refractivity contribution in [3.63, 3.8) is 0 Å². The van der Waals surface area contributed by atoms with Crippen LogP contribution in [0.5, 0.6) is 0 Å². The molecule has 1 aromatic carbocycles. The Morgan fingerprint density at radius 2 is 0.462 bits per heavy atom. The molecule has 1 aromatic rings. The Labute approximate surface area is 94.5 Å². The molecule has 0 atom stereocenters. The first-order valence-electron chi connectivity index (χ1n) is 4.50. The summed E-state index contributed by atoms with van der Waals surface area (Å²) < 4.78 is 0. The SMILES string of the molecule is Cc1c(C)c(C)c(C)c(C)c1C.[Rh]. The Kier molecular flexibility index (Phi) is 4.32. The molecule has 1 rings (SSSR count). The molecule has 0 heterocycles. The molecule has 1 heteroatoms. The summed E-state index contributed by atoms with van der Waals surface area (Å²) in [5.41, 5.74) is 8.73. The third-order valence-electron chi connectivity index (χ3n) is 3.38. The Hall–Kier alpha value is -0.157. The summed E-state index contributed by atoms with van der Waals surface area (Å²) >= 11 is 0. The van der Waals surface area contributed by atoms with E-state index in [1.807, 2.05) is 0 Å². The standard InChI is InChI=1S/C12H18.Rh/c1-7-8(2)10(4)12(6)11(5)9(7)3;/h1-6H3;. The third kappa shape index (κ3) is 2.02. The molecule has 0 saturated heterocycles. The van der Waals surface area contributed by atoms with Gasteiger partial charge in [0.2, 0.25) is 0 Å². The van der Waals surface area contributed by atoms with Gasteiger partial charge in [0, 0.05) is 19.5 Å². The van der Waals surface area contributed by atoms with Gasteiger partial charge < -0.3 is 0 Å². The van der Waals surface area contributed by atoms with Crippen molar-refractivity contribution in [3.8, 4) is 0 Å². The molecule has 75 valence electrons. The molecule has 0 saturated carbocycles. The number of hydrogen-bond acceptors (Lipinski definition) is 0. The zero-order valence-corrected chi connectivity index (χ0v) is 11.0. The second-order valence-electron chi connectivity index (χ2n) is 3.75. The fourth-order valence-electron chi connectivity index (χ4n) is 1.69. The normalized spacial score (nSPS) is 9.69. The van der Waals surface area contributed by atoms with Crippen molar-refractivity contribution in [1.29, 1.82) is 0 Å². The van der Waals surface area contributed by atoms with Gasteiger partial charge in [-0.15, -0.1) is 0 Å². The molecule has 1 radical (unpaired) electrons. The Balaban J connectivity index is 0.00000144. The van der Waals surface area contributed by atoms with E-state index in [1.54, 1.807) is 0 Å². The van der Waals surface area contributed by atoms with Gasteiger partial charge in [-0.2, -0.15) is 0 Å². The van der Waals surface area contributed by atoms with Crippen molar-refractivity contribution in [2.24, 2.45) is 0 Å². The zero-order valence-electron chi connectivity index (χ0n) is 9.33. The second kappa shape index (κ2) is 4.37. The van der Waals surface area contributed by atoms with E-state index in [9.17, 15) is 0 Å². The summed E-state index contributed by atoms with van der Waals surface area (Å²) in [6.45, 7) is 13.3. The van der Waals surface area contributed by atoms with E-state index in [-0.39, 0.29) is 19.5 Å². The van der Waals surface area contributed by atoms with Crippen molar-refractivity contribution in [1.82, 2.24) is 0 Å². The monoisotopic (exact) mass is 265 g/mol. The first-order valence-corrected chi connectivity index (χ1v) is 4.50. The Morgan fingerprint density at radius 1 is 0.385 bits per heavy atom. The molecule has 0 bridgehead atoms. The molecule has 13 heavy (non-hydrogen) atoms. The number of rotatable bonds is 0. The molecule has 0 amide bonds. The molecule has 0 nitrogen and oxygen atoms in total. The molecule has 0 aliphatic rings. The van der Waals surface area contributed by atoms with Crippen LogP contribution in [0.25, 0.3) is 0 Å². The van der Waals surface area contributed by atoms with Crippen LogP contribution in [0.15, 0.2) is 0 Å². The molecular formula is C12H18Rh. The summed E-state index contributed by atoms with van der Waals surface area (Å²) in [5.74, 6) is 0. The number of benzene rings is 1. The van der Waals surface area contributed by atoms with Gasteiger partial charge >= 0.3 is 0 Å². The Morgan fingerprint density at radius 3 is 0.538 bits per heavy atom. The molecule has 0 aromatic heterocycles. The van der Waals surface area contributed by atoms with E-state index in [0.717, 1.165) is 0 Å². The summed E-state index contributed by atoms with van der Waals surface area (Å²) in [6.07, 6.45) is 0. The fourth-order valence-corrected chi connectivity index (χ4v) is 1.69. The smallest absolute Gasteiger partial charge is 0 e. The van der Waals surface area contributed by atoms with E-state index in [2.05, 4.69) is 41.5 Å². The molecule has 0 unspecified atom stereocenters. The predicted octanol–water partition coefficient (Wildman–Crippen LogP) is 3.53. The first kappa shape index (κ1) is 12.8. The van der Waals surface area contributed by atoms with E-state index in [0.29, 0.717) is 0 Å². The van der Waals surface area contributed by atoms with Crippen LogP contribution in [0.3, 0.4) is 0 Å². The minimum Gasteiger partial charge on any atom is -0.0447 e. The summed E-state index contributed by atoms with van der Waals surface area (Å²) in [5, 5.41) is 0. The van der Waals surface area contributed by atoms with Gasteiger partial charge in [0.05, 0.1) is 0 Å². The third-order valence-corrected chi connectivity index (χ3v) is 3.38. The van der Waals surface area contributed by atoms with Crippen LogP contribution in [0, 0.1) is 41.5 Å². The minimum absolute atomic E-state index is 0. The molecular weight excluding hydrogens is 247 g/mol. The Bertz CT molecular complexity index is 219. The van der Waals surface area contributed by atoms with Crippen LogP contribution in [0.2, 0.25) is 0 Å². The summed E-state index contributed by atoms with van der Waals surface area (Å²) in [7, 11) is 0. The van der Waals surface area contributed by atoms with Crippen LogP contribution in [-0.4, -0.2) is 0 Å². The van der Waals surface area contributed by atoms with E-state index >= 15 is 0 Å². The minimum atomic E-state index is 0. The molecule has 0 spiro atoms. The van der Waals surface area contributed by atoms with Crippen LogP contribution in [0.1, 0.15) is 33.4 Å². The van der Waals surface area contributed by atoms with Crippen molar-refractivity contribution in [2.45, 2.75) is 41.5 Å². The van der Waals surface area contributed by atoms with E-state index in [1.165, 1.54) is 33.4 Å². The van der Waals surface area contributed by atoms with Gasteiger partial charge in [0.1, 0.15) is 0 Å². The average molecular weight is 265 g/mol. The van der Waals surface area contributed by atoms with Gasteiger partial charge in [-0.3, -0.25) is 0 Å². The maximum absolute atomic E-state index is 2.21. The quantitative estimate of drug-likeness (QED) is 0.629. The van der Waals surface area contributed by atoms with Gasteiger partial charge in [0.25, 0.3) is 0 Å². The van der Waals surface area contributed by atoms with Crippen LogP contribution < -0.4 is 0 Å². The maximum atomic E-state index is 2.21. The molecule has 0 aliphatic carbocycles. The topological polar surface area (TPSA) is 0 Å². The van der Waals surface area contributed by atoms with Crippen LogP contribution in [-0.2, 0) is 19.5 Å². The summed E-state index contributed by atoms with van der Waals surface area (Å²) in [4.78, 5) is 0. The number of hydrogen-bond donors (Lipinski definition) is 0. The van der Waals surface area contributed by atoms with Gasteiger partial charge in [-0.05, 0) is 74.9 Å². The van der Waals surface area contributed by atoms with Crippen LogP contribution in [0.4, 0.5) is 0 Å². The van der Waals surface area contributed by atoms with Gasteiger partial charge in [-0.25, -0.2) is 0 Å². The van der Waals surface area contributed by atoms with Crippen molar-refractivity contribution >= 4 is 0 Å². The second-order valence-corrected chi connectivity index (χ2v) is 3.75. The van der Waals surface area contributed by atoms with Crippen molar-refractivity contribution < 1.29 is 19.5 Å². The molecule has 0 aliphatic heterocycles. The average Bonchev–Trinajstić information content (AvgIpc) is 2.08. The summed E-state index contributed by atoms with van der Waals surface area (Å²) in [6, 6.07) is 0. The van der Waals surface area contributed by atoms with E-state index in [4.69, 9.17) is 0 Å². The molecule has 0 fully saturated rings. The molecule has 0 N–H and O–H groups in total. The fraction of sp³-hybridized carbons (Fsp3) is 0.500. The van der Waals surface area contributed by atoms with E-state index < -0.39 is 0 Å². The van der Waals surface area contributed by atoms with Gasteiger partial charge in [0.15, 0.2) is 0 Å². The maximum Gasteiger partial charge on any atom is 0 e. The van der Waals surface area contributed by atoms with Gasteiger partial charge in [-0.1, -0.05) is 0 Å². The largest absolute Gasteiger partial charge is 0.0447 e. The van der Waals surface area contributed by atoms with Crippen molar-refractivity contribution in [2.75, 3.05) is 0 Å². The first-order chi connectivity index (χ1) is 5.46. The van der Waals surface area contributed by atoms with Crippen molar-refractivity contribution in [3.05, 3.63) is 33.4 Å². The van der Waals surface area contributed by atoms with Crippen LogP contribution >= 0.6 is 0 Å².